The average molecular weight is 383 g/mol. The maximum Gasteiger partial charge on any atom is 0.494 e. The first-order valence-corrected chi connectivity index (χ1v) is 10.2. The van der Waals surface area contributed by atoms with Gasteiger partial charge in [-0.3, -0.25) is 9.69 Å². The molecule has 1 aliphatic carbocycles. The van der Waals surface area contributed by atoms with Gasteiger partial charge in [0.2, 0.25) is 0 Å². The van der Waals surface area contributed by atoms with Gasteiger partial charge in [0.15, 0.2) is 0 Å². The number of fused-ring (bicyclic) bond motifs is 1. The Balaban J connectivity index is 1.50. The molecule has 4 rings (SSSR count). The van der Waals surface area contributed by atoms with Crippen molar-refractivity contribution in [1.82, 2.24) is 4.90 Å². The van der Waals surface area contributed by atoms with Crippen LogP contribution in [-0.4, -0.2) is 53.9 Å². The molecule has 0 saturated carbocycles. The number of carboxylic acids is 1. The molecule has 0 spiro atoms. The van der Waals surface area contributed by atoms with E-state index in [1.165, 1.54) is 22.3 Å². The molecule has 2 heterocycles. The van der Waals surface area contributed by atoms with Crippen LogP contribution in [0.1, 0.15) is 52.2 Å². The minimum Gasteiger partial charge on any atom is -0.481 e. The summed E-state index contributed by atoms with van der Waals surface area (Å²) < 4.78 is 12.4. The van der Waals surface area contributed by atoms with Crippen molar-refractivity contribution >= 4 is 24.1 Å². The van der Waals surface area contributed by atoms with E-state index in [2.05, 4.69) is 57.7 Å². The highest BCUT2D eigenvalue weighted by atomic mass is 16.7. The Morgan fingerprint density at radius 3 is 2.43 bits per heavy atom. The molecule has 3 aliphatic rings. The molecule has 0 bridgehead atoms. The van der Waals surface area contributed by atoms with Crippen molar-refractivity contribution in [2.45, 2.75) is 58.7 Å². The average Bonchev–Trinajstić information content (AvgIpc) is 2.79. The number of carboxylic acid groups (broad SMARTS) is 1. The third kappa shape index (κ3) is 3.32. The molecule has 2 saturated heterocycles. The molecule has 1 N–H and O–H groups in total. The number of nitrogens with zero attached hydrogens (tertiary/aromatic N) is 1. The first-order chi connectivity index (χ1) is 13.1. The molecule has 0 radical (unpaired) electrons. The Kier molecular flexibility index (Phi) is 4.72. The predicted molar refractivity (Wildman–Crippen MR) is 111 cm³/mol. The predicted octanol–water partition coefficient (Wildman–Crippen LogP) is 2.72. The zero-order chi connectivity index (χ0) is 20.3. The van der Waals surface area contributed by atoms with Crippen LogP contribution >= 0.6 is 0 Å². The SMILES string of the molecule is CC1=C(CN2CC(C(=O)O)C2)CCc2cc(B3OC(C)(C)C(C)(C)O3)ccc21. The molecule has 1 aromatic rings. The van der Waals surface area contributed by atoms with Crippen molar-refractivity contribution in [3.63, 3.8) is 0 Å². The summed E-state index contributed by atoms with van der Waals surface area (Å²) in [5.74, 6) is -0.870. The van der Waals surface area contributed by atoms with Crippen LogP contribution < -0.4 is 5.46 Å². The Hall–Kier alpha value is -1.63. The van der Waals surface area contributed by atoms with E-state index in [1.54, 1.807) is 0 Å². The first kappa shape index (κ1) is 19.7. The van der Waals surface area contributed by atoms with Crippen LogP contribution in [0.4, 0.5) is 0 Å². The van der Waals surface area contributed by atoms with Crippen LogP contribution in [0, 0.1) is 5.92 Å². The number of aliphatic carboxylic acids is 1. The van der Waals surface area contributed by atoms with Gasteiger partial charge in [0.1, 0.15) is 0 Å². The Labute approximate surface area is 167 Å². The van der Waals surface area contributed by atoms with Gasteiger partial charge in [-0.1, -0.05) is 23.8 Å². The van der Waals surface area contributed by atoms with Crippen LogP contribution in [0.5, 0.6) is 0 Å². The van der Waals surface area contributed by atoms with E-state index in [9.17, 15) is 4.79 Å². The van der Waals surface area contributed by atoms with Crippen LogP contribution in [0.15, 0.2) is 23.8 Å². The van der Waals surface area contributed by atoms with Gasteiger partial charge < -0.3 is 14.4 Å². The number of likely N-dealkylation sites (tertiary alicyclic amines) is 1. The molecular formula is C22H30BNO4. The summed E-state index contributed by atoms with van der Waals surface area (Å²) in [4.78, 5) is 13.2. The van der Waals surface area contributed by atoms with Gasteiger partial charge in [-0.15, -0.1) is 0 Å². The second kappa shape index (κ2) is 6.72. The highest BCUT2D eigenvalue weighted by Crippen LogP contribution is 2.37. The van der Waals surface area contributed by atoms with Crippen molar-refractivity contribution in [2.24, 2.45) is 5.92 Å². The highest BCUT2D eigenvalue weighted by molar-refractivity contribution is 6.62. The molecule has 150 valence electrons. The van der Waals surface area contributed by atoms with E-state index in [1.807, 2.05) is 0 Å². The maximum absolute atomic E-state index is 11.0. The number of carbonyl (C=O) groups is 1. The summed E-state index contributed by atoms with van der Waals surface area (Å²) in [5, 5.41) is 9.06. The minimum atomic E-state index is -0.675. The third-order valence-corrected chi connectivity index (χ3v) is 7.01. The van der Waals surface area contributed by atoms with Gasteiger partial charge in [-0.2, -0.15) is 0 Å². The monoisotopic (exact) mass is 383 g/mol. The van der Waals surface area contributed by atoms with Crippen molar-refractivity contribution in [2.75, 3.05) is 19.6 Å². The molecule has 0 amide bonds. The fourth-order valence-corrected chi connectivity index (χ4v) is 4.30. The van der Waals surface area contributed by atoms with E-state index in [4.69, 9.17) is 14.4 Å². The molecule has 0 atom stereocenters. The highest BCUT2D eigenvalue weighted by Gasteiger charge is 2.51. The summed E-state index contributed by atoms with van der Waals surface area (Å²) in [6.07, 6.45) is 2.03. The molecule has 6 heteroatoms. The first-order valence-electron chi connectivity index (χ1n) is 10.2. The van der Waals surface area contributed by atoms with Crippen molar-refractivity contribution < 1.29 is 19.2 Å². The number of benzene rings is 1. The molecule has 0 aromatic heterocycles. The molecule has 0 unspecified atom stereocenters. The Bertz CT molecular complexity index is 823. The quantitative estimate of drug-likeness (QED) is 0.811. The van der Waals surface area contributed by atoms with E-state index < -0.39 is 5.97 Å². The van der Waals surface area contributed by atoms with Crippen LogP contribution in [-0.2, 0) is 20.5 Å². The van der Waals surface area contributed by atoms with Crippen LogP contribution in [0.2, 0.25) is 0 Å². The molecule has 5 nitrogen and oxygen atoms in total. The number of hydrogen-bond acceptors (Lipinski definition) is 4. The fourth-order valence-electron chi connectivity index (χ4n) is 4.30. The number of allylic oxidation sites excluding steroid dienone is 1. The molecule has 2 fully saturated rings. The Morgan fingerprint density at radius 2 is 1.82 bits per heavy atom. The molecular weight excluding hydrogens is 353 g/mol. The number of rotatable bonds is 4. The second-order valence-electron chi connectivity index (χ2n) is 9.46. The summed E-state index contributed by atoms with van der Waals surface area (Å²) in [6.45, 7) is 12.7. The lowest BCUT2D eigenvalue weighted by atomic mass is 9.75. The summed E-state index contributed by atoms with van der Waals surface area (Å²) in [5.41, 5.74) is 5.83. The van der Waals surface area contributed by atoms with Gasteiger partial charge in [0.25, 0.3) is 0 Å². The zero-order valence-electron chi connectivity index (χ0n) is 17.5. The normalized spacial score (nSPS) is 24.2. The third-order valence-electron chi connectivity index (χ3n) is 7.01. The van der Waals surface area contributed by atoms with Gasteiger partial charge in [-0.05, 0) is 69.6 Å². The smallest absolute Gasteiger partial charge is 0.481 e. The minimum absolute atomic E-state index is 0.195. The van der Waals surface area contributed by atoms with Gasteiger partial charge in [0, 0.05) is 19.6 Å². The van der Waals surface area contributed by atoms with E-state index >= 15 is 0 Å². The summed E-state index contributed by atoms with van der Waals surface area (Å²) >= 11 is 0. The summed E-state index contributed by atoms with van der Waals surface area (Å²) in [6, 6.07) is 6.56. The lowest BCUT2D eigenvalue weighted by Gasteiger charge is -2.38. The number of aryl methyl sites for hydroxylation is 1. The topological polar surface area (TPSA) is 59.0 Å². The fraction of sp³-hybridized carbons (Fsp3) is 0.591. The Morgan fingerprint density at radius 1 is 1.18 bits per heavy atom. The van der Waals surface area contributed by atoms with E-state index in [0.717, 1.165) is 24.8 Å². The van der Waals surface area contributed by atoms with Gasteiger partial charge in [0.05, 0.1) is 17.1 Å². The van der Waals surface area contributed by atoms with Crippen LogP contribution in [0.25, 0.3) is 5.57 Å². The zero-order valence-corrected chi connectivity index (χ0v) is 17.5. The van der Waals surface area contributed by atoms with Gasteiger partial charge in [-0.25, -0.2) is 0 Å². The molecule has 1 aromatic carbocycles. The molecule has 2 aliphatic heterocycles. The van der Waals surface area contributed by atoms with Gasteiger partial charge >= 0.3 is 13.1 Å². The van der Waals surface area contributed by atoms with E-state index in [-0.39, 0.29) is 24.2 Å². The lowest BCUT2D eigenvalue weighted by molar-refractivity contribution is -0.147. The van der Waals surface area contributed by atoms with Crippen LogP contribution in [0.3, 0.4) is 0 Å². The standard InChI is InChI=1S/C22H30BNO4/c1-14-16(11-24-12-17(13-24)20(25)26)7-6-15-10-18(8-9-19(14)15)23-27-21(2,3)22(4,5)28-23/h8-10,17H,6-7,11-13H2,1-5H3,(H,25,26). The van der Waals surface area contributed by atoms with Crippen molar-refractivity contribution in [3.05, 3.63) is 34.9 Å². The number of hydrogen-bond donors (Lipinski definition) is 1. The van der Waals surface area contributed by atoms with Crippen molar-refractivity contribution in [1.29, 1.82) is 0 Å². The summed E-state index contributed by atoms with van der Waals surface area (Å²) in [7, 11) is -0.324. The van der Waals surface area contributed by atoms with E-state index in [0.29, 0.717) is 13.1 Å². The second-order valence-corrected chi connectivity index (χ2v) is 9.46. The van der Waals surface area contributed by atoms with Crippen molar-refractivity contribution in [3.8, 4) is 0 Å². The largest absolute Gasteiger partial charge is 0.494 e. The molecule has 28 heavy (non-hydrogen) atoms. The lowest BCUT2D eigenvalue weighted by Crippen LogP contribution is -2.50. The maximum atomic E-state index is 11.0.